The number of fused-ring (bicyclic) bond motifs is 1. The molecule has 0 bridgehead atoms. The summed E-state index contributed by atoms with van der Waals surface area (Å²) in [5.41, 5.74) is 3.39. The maximum atomic E-state index is 9.50. The molecule has 0 unspecified atom stereocenters. The zero-order chi connectivity index (χ0) is 13.5. The van der Waals surface area contributed by atoms with Crippen molar-refractivity contribution in [3.05, 3.63) is 54.2 Å². The van der Waals surface area contributed by atoms with E-state index in [0.29, 0.717) is 6.04 Å². The highest BCUT2D eigenvalue weighted by molar-refractivity contribution is 5.83. The summed E-state index contributed by atoms with van der Waals surface area (Å²) in [7, 11) is 0. The van der Waals surface area contributed by atoms with Gasteiger partial charge in [0, 0.05) is 34.9 Å². The van der Waals surface area contributed by atoms with E-state index in [9.17, 15) is 5.11 Å². The molecule has 20 heavy (non-hydrogen) atoms. The summed E-state index contributed by atoms with van der Waals surface area (Å²) in [6, 6.07) is 8.87. The number of benzene rings is 1. The van der Waals surface area contributed by atoms with Gasteiger partial charge in [-0.05, 0) is 18.9 Å². The molecule has 1 aromatic carbocycles. The Bertz CT molecular complexity index is 752. The van der Waals surface area contributed by atoms with Crippen molar-refractivity contribution >= 4 is 10.9 Å². The summed E-state index contributed by atoms with van der Waals surface area (Å²) in [6.45, 7) is 0.881. The van der Waals surface area contributed by atoms with Crippen LogP contribution in [-0.4, -0.2) is 19.2 Å². The van der Waals surface area contributed by atoms with E-state index in [-0.39, 0.29) is 6.61 Å². The number of aromatic nitrogens is 3. The molecular formula is C16H17N3O. The molecule has 2 heterocycles. The number of para-hydroxylation sites is 1. The fraction of sp³-hybridized carbons (Fsp3) is 0.312. The molecule has 0 atom stereocenters. The van der Waals surface area contributed by atoms with Crippen molar-refractivity contribution in [1.82, 2.24) is 14.1 Å². The minimum absolute atomic E-state index is 0.0788. The lowest BCUT2D eigenvalue weighted by Gasteiger charge is -2.08. The largest absolute Gasteiger partial charge is 0.392 e. The zero-order valence-corrected chi connectivity index (χ0v) is 11.2. The number of hydrogen-bond donors (Lipinski definition) is 1. The van der Waals surface area contributed by atoms with Gasteiger partial charge in [-0.15, -0.1) is 0 Å². The van der Waals surface area contributed by atoms with Gasteiger partial charge in [0.25, 0.3) is 0 Å². The van der Waals surface area contributed by atoms with Crippen molar-refractivity contribution in [3.63, 3.8) is 0 Å². The van der Waals surface area contributed by atoms with Gasteiger partial charge in [-0.1, -0.05) is 18.2 Å². The van der Waals surface area contributed by atoms with Crippen LogP contribution in [0.4, 0.5) is 0 Å². The van der Waals surface area contributed by atoms with Crippen molar-refractivity contribution in [2.24, 2.45) is 0 Å². The standard InChI is InChI=1S/C16H17N3O/c20-10-12-8-18(16-4-2-1-3-15(12)16)9-14-7-17-11-19(14)13-5-6-13/h1-4,7-8,11,13,20H,5-6,9-10H2. The molecule has 1 aliphatic carbocycles. The highest BCUT2D eigenvalue weighted by atomic mass is 16.3. The van der Waals surface area contributed by atoms with Crippen molar-refractivity contribution in [1.29, 1.82) is 0 Å². The highest BCUT2D eigenvalue weighted by Crippen LogP contribution is 2.36. The van der Waals surface area contributed by atoms with Gasteiger partial charge in [-0.2, -0.15) is 0 Å². The van der Waals surface area contributed by atoms with Crippen LogP contribution in [0.15, 0.2) is 43.0 Å². The van der Waals surface area contributed by atoms with E-state index in [1.165, 1.54) is 24.1 Å². The van der Waals surface area contributed by atoms with E-state index in [1.807, 2.05) is 24.7 Å². The summed E-state index contributed by atoms with van der Waals surface area (Å²) >= 11 is 0. The second-order valence-electron chi connectivity index (χ2n) is 5.48. The molecule has 0 amide bonds. The number of rotatable bonds is 4. The third kappa shape index (κ3) is 1.84. The lowest BCUT2D eigenvalue weighted by Crippen LogP contribution is -2.05. The van der Waals surface area contributed by atoms with Gasteiger partial charge in [-0.3, -0.25) is 0 Å². The first kappa shape index (κ1) is 11.7. The van der Waals surface area contributed by atoms with Crippen LogP contribution in [0, 0.1) is 0 Å². The molecule has 1 saturated carbocycles. The Morgan fingerprint density at radius 3 is 2.90 bits per heavy atom. The maximum absolute atomic E-state index is 9.50. The zero-order valence-electron chi connectivity index (χ0n) is 11.2. The van der Waals surface area contributed by atoms with Crippen LogP contribution in [0.3, 0.4) is 0 Å². The number of aliphatic hydroxyl groups is 1. The Hall–Kier alpha value is -2.07. The van der Waals surface area contributed by atoms with Crippen LogP contribution in [0.25, 0.3) is 10.9 Å². The van der Waals surface area contributed by atoms with Gasteiger partial charge in [0.1, 0.15) is 0 Å². The average Bonchev–Trinajstić information content (AvgIpc) is 3.12. The molecule has 4 rings (SSSR count). The molecule has 0 saturated heterocycles. The number of imidazole rings is 1. The van der Waals surface area contributed by atoms with Gasteiger partial charge in [0.2, 0.25) is 0 Å². The van der Waals surface area contributed by atoms with Crippen molar-refractivity contribution in [2.45, 2.75) is 32.0 Å². The minimum Gasteiger partial charge on any atom is -0.392 e. The molecule has 102 valence electrons. The van der Waals surface area contributed by atoms with Gasteiger partial charge >= 0.3 is 0 Å². The summed E-state index contributed by atoms with van der Waals surface area (Å²) in [6.07, 6.45) is 8.46. The molecule has 4 heteroatoms. The Morgan fingerprint density at radius 2 is 2.10 bits per heavy atom. The van der Waals surface area contributed by atoms with Crippen molar-refractivity contribution < 1.29 is 5.11 Å². The smallest absolute Gasteiger partial charge is 0.0951 e. The third-order valence-corrected chi connectivity index (χ3v) is 4.06. The average molecular weight is 267 g/mol. The van der Waals surface area contributed by atoms with E-state index >= 15 is 0 Å². The maximum Gasteiger partial charge on any atom is 0.0951 e. The fourth-order valence-corrected chi connectivity index (χ4v) is 2.89. The first-order chi connectivity index (χ1) is 9.86. The quantitative estimate of drug-likeness (QED) is 0.789. The minimum atomic E-state index is 0.0788. The van der Waals surface area contributed by atoms with E-state index in [4.69, 9.17) is 0 Å². The second kappa shape index (κ2) is 4.49. The van der Waals surface area contributed by atoms with Crippen LogP contribution in [0.1, 0.15) is 30.1 Å². The number of nitrogens with zero attached hydrogens (tertiary/aromatic N) is 3. The molecule has 4 nitrogen and oxygen atoms in total. The fourth-order valence-electron chi connectivity index (χ4n) is 2.89. The van der Waals surface area contributed by atoms with Gasteiger partial charge < -0.3 is 14.2 Å². The van der Waals surface area contributed by atoms with Crippen LogP contribution >= 0.6 is 0 Å². The Kier molecular flexibility index (Phi) is 2.63. The van der Waals surface area contributed by atoms with E-state index < -0.39 is 0 Å². The summed E-state index contributed by atoms with van der Waals surface area (Å²) in [5, 5.41) is 10.6. The van der Waals surface area contributed by atoms with Crippen LogP contribution in [0.5, 0.6) is 0 Å². The predicted octanol–water partition coefficient (Wildman–Crippen LogP) is 2.71. The molecule has 2 aromatic heterocycles. The molecule has 1 N–H and O–H groups in total. The first-order valence-corrected chi connectivity index (χ1v) is 7.05. The second-order valence-corrected chi connectivity index (χ2v) is 5.48. The molecule has 0 spiro atoms. The van der Waals surface area contributed by atoms with Crippen LogP contribution in [-0.2, 0) is 13.2 Å². The topological polar surface area (TPSA) is 43.0 Å². The van der Waals surface area contributed by atoms with E-state index in [1.54, 1.807) is 0 Å². The van der Waals surface area contributed by atoms with Crippen LogP contribution < -0.4 is 0 Å². The normalized spacial score (nSPS) is 15.1. The number of hydrogen-bond acceptors (Lipinski definition) is 2. The van der Waals surface area contributed by atoms with Crippen LogP contribution in [0.2, 0.25) is 0 Å². The monoisotopic (exact) mass is 267 g/mol. The van der Waals surface area contributed by atoms with Gasteiger partial charge in [0.05, 0.1) is 25.2 Å². The third-order valence-electron chi connectivity index (χ3n) is 4.06. The van der Waals surface area contributed by atoms with E-state index in [2.05, 4.69) is 32.4 Å². The highest BCUT2D eigenvalue weighted by Gasteiger charge is 2.25. The Morgan fingerprint density at radius 1 is 1.25 bits per heavy atom. The molecule has 0 aliphatic heterocycles. The first-order valence-electron chi connectivity index (χ1n) is 7.05. The lowest BCUT2D eigenvalue weighted by molar-refractivity contribution is 0.283. The summed E-state index contributed by atoms with van der Waals surface area (Å²) in [4.78, 5) is 4.29. The summed E-state index contributed by atoms with van der Waals surface area (Å²) < 4.78 is 4.49. The molecule has 1 fully saturated rings. The Balaban J connectivity index is 1.76. The Labute approximate surface area is 117 Å². The predicted molar refractivity (Wildman–Crippen MR) is 77.5 cm³/mol. The molecule has 0 radical (unpaired) electrons. The summed E-state index contributed by atoms with van der Waals surface area (Å²) in [5.74, 6) is 0. The van der Waals surface area contributed by atoms with Crippen molar-refractivity contribution in [3.8, 4) is 0 Å². The molecular weight excluding hydrogens is 250 g/mol. The number of aliphatic hydroxyl groups excluding tert-OH is 1. The lowest BCUT2D eigenvalue weighted by atomic mass is 10.2. The van der Waals surface area contributed by atoms with E-state index in [0.717, 1.165) is 17.5 Å². The SMILES string of the molecule is OCc1cn(Cc2cncn2C2CC2)c2ccccc12. The molecule has 1 aliphatic rings. The molecule has 3 aromatic rings. The van der Waals surface area contributed by atoms with Crippen molar-refractivity contribution in [2.75, 3.05) is 0 Å². The van der Waals surface area contributed by atoms with Gasteiger partial charge in [0.15, 0.2) is 0 Å². The van der Waals surface area contributed by atoms with Gasteiger partial charge in [-0.25, -0.2) is 4.98 Å².